The fourth-order valence-corrected chi connectivity index (χ4v) is 4.47. The molecule has 6 N–H and O–H groups in total. The first-order valence-corrected chi connectivity index (χ1v) is 12.8. The summed E-state index contributed by atoms with van der Waals surface area (Å²) in [7, 11) is 3.84. The van der Waals surface area contributed by atoms with E-state index in [4.69, 9.17) is 5.11 Å². The molecule has 2 heterocycles. The minimum Gasteiger partial charge on any atom is -0.392 e. The van der Waals surface area contributed by atoms with Crippen molar-refractivity contribution < 1.29 is 28.7 Å². The lowest BCUT2D eigenvalue weighted by molar-refractivity contribution is -0.110. The van der Waals surface area contributed by atoms with Crippen LogP contribution in [0.3, 0.4) is 0 Å². The molecule has 12 heteroatoms. The van der Waals surface area contributed by atoms with E-state index in [1.807, 2.05) is 25.9 Å². The average Bonchev–Trinajstić information content (AvgIpc) is 3.36. The standard InChI is InChI=1S/C29H31FN6O5/c1-15-23(32-16(2)25(15)28(40)31-9-10-36(3)4)13-21-19-8-6-18(12-24(19)34-27(21)39)33-29(41)35-26(38)20-7-5-17(14-37)11-22(20)30/h5-8,11-13,32,37H,9-10,14H2,1-4H3,(H,31,40)(H,34,39)(H2,33,35,38,41). The molecule has 0 bridgehead atoms. The molecule has 11 nitrogen and oxygen atoms in total. The number of aromatic nitrogens is 1. The van der Waals surface area contributed by atoms with E-state index in [1.54, 1.807) is 25.1 Å². The van der Waals surface area contributed by atoms with E-state index in [2.05, 4.69) is 26.3 Å². The van der Waals surface area contributed by atoms with Gasteiger partial charge in [0.25, 0.3) is 17.7 Å². The Bertz CT molecular complexity index is 1580. The molecule has 5 amide bonds. The number of likely N-dealkylation sites (N-methyl/N-ethyl adjacent to an activating group) is 1. The number of hydrogen-bond acceptors (Lipinski definition) is 6. The van der Waals surface area contributed by atoms with Crippen molar-refractivity contribution >= 4 is 46.8 Å². The van der Waals surface area contributed by atoms with Gasteiger partial charge in [-0.05, 0) is 69.4 Å². The van der Waals surface area contributed by atoms with Crippen molar-refractivity contribution in [3.63, 3.8) is 0 Å². The molecular formula is C29H31FN6O5. The van der Waals surface area contributed by atoms with Crippen molar-refractivity contribution in [1.29, 1.82) is 0 Å². The fraction of sp³-hybridized carbons (Fsp3) is 0.241. The molecule has 41 heavy (non-hydrogen) atoms. The number of hydrogen-bond donors (Lipinski definition) is 6. The highest BCUT2D eigenvalue weighted by atomic mass is 19.1. The lowest BCUT2D eigenvalue weighted by Crippen LogP contribution is -2.34. The Morgan fingerprint density at radius 2 is 1.83 bits per heavy atom. The van der Waals surface area contributed by atoms with Gasteiger partial charge in [-0.15, -0.1) is 0 Å². The zero-order chi connectivity index (χ0) is 29.8. The molecule has 1 aliphatic heterocycles. The zero-order valence-electron chi connectivity index (χ0n) is 23.1. The van der Waals surface area contributed by atoms with E-state index in [1.165, 1.54) is 18.2 Å². The summed E-state index contributed by atoms with van der Waals surface area (Å²) in [5.41, 5.74) is 4.17. The highest BCUT2D eigenvalue weighted by Gasteiger charge is 2.26. The van der Waals surface area contributed by atoms with Crippen LogP contribution in [0.15, 0.2) is 36.4 Å². The van der Waals surface area contributed by atoms with E-state index in [-0.39, 0.29) is 29.7 Å². The zero-order valence-corrected chi connectivity index (χ0v) is 23.1. The Hall–Kier alpha value is -4.81. The number of fused-ring (bicyclic) bond motifs is 1. The largest absolute Gasteiger partial charge is 0.392 e. The number of nitrogens with one attached hydrogen (secondary N) is 5. The Morgan fingerprint density at radius 3 is 2.51 bits per heavy atom. The number of aliphatic hydroxyl groups is 1. The number of aromatic amines is 1. The maximum atomic E-state index is 14.1. The number of H-pyrrole nitrogens is 1. The summed E-state index contributed by atoms with van der Waals surface area (Å²) in [5.74, 6) is -2.38. The van der Waals surface area contributed by atoms with Gasteiger partial charge in [-0.1, -0.05) is 12.1 Å². The molecule has 0 unspecified atom stereocenters. The number of amides is 5. The number of imide groups is 1. The number of benzene rings is 2. The van der Waals surface area contributed by atoms with Crippen molar-refractivity contribution in [2.24, 2.45) is 0 Å². The number of anilines is 2. The highest BCUT2D eigenvalue weighted by Crippen LogP contribution is 2.35. The van der Waals surface area contributed by atoms with Crippen molar-refractivity contribution in [1.82, 2.24) is 20.5 Å². The molecule has 0 saturated carbocycles. The lowest BCUT2D eigenvalue weighted by atomic mass is 10.0. The number of aryl methyl sites for hydroxylation is 1. The molecule has 1 aliphatic rings. The number of carbonyl (C=O) groups is 4. The van der Waals surface area contributed by atoms with Crippen molar-refractivity contribution in [3.8, 4) is 0 Å². The van der Waals surface area contributed by atoms with Gasteiger partial charge >= 0.3 is 6.03 Å². The van der Waals surface area contributed by atoms with Gasteiger partial charge in [0.15, 0.2) is 0 Å². The van der Waals surface area contributed by atoms with Crippen LogP contribution < -0.4 is 21.3 Å². The minimum absolute atomic E-state index is 0.198. The monoisotopic (exact) mass is 562 g/mol. The first kappa shape index (κ1) is 29.2. The second-order valence-electron chi connectivity index (χ2n) is 9.88. The van der Waals surface area contributed by atoms with Crippen LogP contribution in [0.25, 0.3) is 11.6 Å². The minimum atomic E-state index is -0.952. The van der Waals surface area contributed by atoms with Gasteiger partial charge in [0.1, 0.15) is 5.82 Å². The summed E-state index contributed by atoms with van der Waals surface area (Å²) >= 11 is 0. The van der Waals surface area contributed by atoms with Gasteiger partial charge in [-0.2, -0.15) is 0 Å². The van der Waals surface area contributed by atoms with Crippen molar-refractivity contribution in [2.45, 2.75) is 20.5 Å². The van der Waals surface area contributed by atoms with E-state index in [9.17, 15) is 23.6 Å². The molecule has 0 fully saturated rings. The van der Waals surface area contributed by atoms with Crippen LogP contribution in [0.2, 0.25) is 0 Å². The van der Waals surface area contributed by atoms with Gasteiger partial charge in [0.05, 0.1) is 29.0 Å². The van der Waals surface area contributed by atoms with Crippen LogP contribution in [0.5, 0.6) is 0 Å². The third-order valence-electron chi connectivity index (χ3n) is 6.58. The summed E-state index contributed by atoms with van der Waals surface area (Å²) in [5, 5.41) is 19.3. The maximum Gasteiger partial charge on any atom is 0.326 e. The summed E-state index contributed by atoms with van der Waals surface area (Å²) in [4.78, 5) is 55.4. The molecule has 1 aromatic heterocycles. The van der Waals surface area contributed by atoms with Crippen LogP contribution in [0, 0.1) is 19.7 Å². The van der Waals surface area contributed by atoms with Crippen LogP contribution in [-0.4, -0.2) is 65.9 Å². The molecular weight excluding hydrogens is 531 g/mol. The van der Waals surface area contributed by atoms with Crippen LogP contribution in [0.1, 0.15) is 48.8 Å². The fourth-order valence-electron chi connectivity index (χ4n) is 4.47. The quantitative estimate of drug-likeness (QED) is 0.232. The topological polar surface area (TPSA) is 156 Å². The normalized spacial score (nSPS) is 13.2. The number of halogens is 1. The summed E-state index contributed by atoms with van der Waals surface area (Å²) in [6.45, 7) is 4.42. The molecule has 0 radical (unpaired) electrons. The number of carbonyl (C=O) groups excluding carboxylic acids is 4. The number of aliphatic hydroxyl groups excluding tert-OH is 1. The summed E-state index contributed by atoms with van der Waals surface area (Å²) in [6, 6.07) is 7.41. The van der Waals surface area contributed by atoms with Gasteiger partial charge in [-0.3, -0.25) is 19.7 Å². The van der Waals surface area contributed by atoms with E-state index in [0.29, 0.717) is 58.0 Å². The average molecular weight is 563 g/mol. The third kappa shape index (κ3) is 6.51. The first-order valence-electron chi connectivity index (χ1n) is 12.8. The van der Waals surface area contributed by atoms with Crippen LogP contribution >= 0.6 is 0 Å². The summed E-state index contributed by atoms with van der Waals surface area (Å²) < 4.78 is 14.1. The lowest BCUT2D eigenvalue weighted by Gasteiger charge is -2.10. The van der Waals surface area contributed by atoms with Gasteiger partial charge < -0.3 is 30.9 Å². The molecule has 0 spiro atoms. The molecule has 4 rings (SSSR count). The molecule has 0 aliphatic carbocycles. The predicted molar refractivity (Wildman–Crippen MR) is 153 cm³/mol. The van der Waals surface area contributed by atoms with Gasteiger partial charge in [-0.25, -0.2) is 9.18 Å². The second-order valence-corrected chi connectivity index (χ2v) is 9.88. The molecule has 214 valence electrons. The molecule has 0 atom stereocenters. The molecule has 3 aromatic rings. The smallest absolute Gasteiger partial charge is 0.326 e. The molecule has 2 aromatic carbocycles. The Labute approximate surface area is 235 Å². The maximum absolute atomic E-state index is 14.1. The summed E-state index contributed by atoms with van der Waals surface area (Å²) in [6.07, 6.45) is 1.68. The number of nitrogens with zero attached hydrogens (tertiary/aromatic N) is 1. The Morgan fingerprint density at radius 1 is 1.07 bits per heavy atom. The number of rotatable bonds is 8. The second kappa shape index (κ2) is 12.1. The Kier molecular flexibility index (Phi) is 8.65. The highest BCUT2D eigenvalue weighted by molar-refractivity contribution is 6.35. The first-order chi connectivity index (χ1) is 19.5. The van der Waals surface area contributed by atoms with Crippen LogP contribution in [-0.2, 0) is 11.4 Å². The van der Waals surface area contributed by atoms with Crippen LogP contribution in [0.4, 0.5) is 20.6 Å². The van der Waals surface area contributed by atoms with E-state index < -0.39 is 17.8 Å². The molecule has 0 saturated heterocycles. The Balaban J connectivity index is 1.47. The van der Waals surface area contributed by atoms with Gasteiger partial charge in [0, 0.05) is 35.7 Å². The third-order valence-corrected chi connectivity index (χ3v) is 6.58. The van der Waals surface area contributed by atoms with Gasteiger partial charge in [0.2, 0.25) is 0 Å². The van der Waals surface area contributed by atoms with Crippen molar-refractivity contribution in [3.05, 3.63) is 81.4 Å². The van der Waals surface area contributed by atoms with E-state index in [0.717, 1.165) is 6.07 Å². The number of urea groups is 1. The van der Waals surface area contributed by atoms with E-state index >= 15 is 0 Å². The van der Waals surface area contributed by atoms with Crippen molar-refractivity contribution in [2.75, 3.05) is 37.8 Å². The predicted octanol–water partition coefficient (Wildman–Crippen LogP) is 3.01. The SMILES string of the molecule is Cc1[nH]c(C=C2C(=O)Nc3cc(NC(=O)NC(=O)c4ccc(CO)cc4F)ccc32)c(C)c1C(=O)NCCN(C)C.